The molecule has 0 aromatic carbocycles. The Morgan fingerprint density at radius 1 is 1.56 bits per heavy atom. The third-order valence-corrected chi connectivity index (χ3v) is 4.23. The number of hydrogen-bond acceptors (Lipinski definition) is 2. The predicted octanol–water partition coefficient (Wildman–Crippen LogP) is 2.57. The van der Waals surface area contributed by atoms with E-state index in [4.69, 9.17) is 0 Å². The van der Waals surface area contributed by atoms with Crippen LogP contribution in [0.3, 0.4) is 0 Å². The maximum absolute atomic E-state index is 4.29. The molecule has 0 aliphatic heterocycles. The van der Waals surface area contributed by atoms with Crippen molar-refractivity contribution in [1.82, 2.24) is 15.1 Å². The quantitative estimate of drug-likeness (QED) is 0.828. The lowest BCUT2D eigenvalue weighted by Crippen LogP contribution is -2.26. The van der Waals surface area contributed by atoms with Crippen molar-refractivity contribution >= 4 is 0 Å². The van der Waals surface area contributed by atoms with Gasteiger partial charge in [0.25, 0.3) is 0 Å². The third-order valence-electron chi connectivity index (χ3n) is 4.23. The molecule has 1 saturated carbocycles. The average Bonchev–Trinajstić information content (AvgIpc) is 2.99. The van der Waals surface area contributed by atoms with Gasteiger partial charge in [-0.05, 0) is 38.5 Å². The van der Waals surface area contributed by atoms with E-state index in [1.54, 1.807) is 0 Å². The Bertz CT molecular complexity index is 363. The standard InChI is InChI=1S/C13H23N3/c1-5-13(6-7-13)9-14-10(2)12-8-15-16(4)11(12)3/h8,10,14H,5-7,9H2,1-4H3. The fourth-order valence-electron chi connectivity index (χ4n) is 2.25. The van der Waals surface area contributed by atoms with Crippen molar-refractivity contribution in [3.8, 4) is 0 Å². The molecule has 1 aromatic heterocycles. The fraction of sp³-hybridized carbons (Fsp3) is 0.769. The van der Waals surface area contributed by atoms with Crippen molar-refractivity contribution in [2.75, 3.05) is 6.54 Å². The molecule has 0 radical (unpaired) electrons. The van der Waals surface area contributed by atoms with Crippen LogP contribution >= 0.6 is 0 Å². The summed E-state index contributed by atoms with van der Waals surface area (Å²) in [5, 5.41) is 7.95. The van der Waals surface area contributed by atoms with Crippen molar-refractivity contribution in [3.05, 3.63) is 17.5 Å². The molecule has 1 heterocycles. The normalized spacial score (nSPS) is 19.8. The van der Waals surface area contributed by atoms with Crippen LogP contribution in [-0.2, 0) is 7.05 Å². The lowest BCUT2D eigenvalue weighted by atomic mass is 10.0. The van der Waals surface area contributed by atoms with Gasteiger partial charge in [-0.15, -0.1) is 0 Å². The molecule has 3 heteroatoms. The minimum atomic E-state index is 0.415. The molecule has 1 aliphatic carbocycles. The molecule has 2 rings (SSSR count). The Kier molecular flexibility index (Phi) is 3.06. The van der Waals surface area contributed by atoms with Gasteiger partial charge in [0.2, 0.25) is 0 Å². The second-order valence-corrected chi connectivity index (χ2v) is 5.27. The van der Waals surface area contributed by atoms with Gasteiger partial charge in [-0.3, -0.25) is 4.68 Å². The third kappa shape index (κ3) is 2.14. The second kappa shape index (κ2) is 4.21. The maximum atomic E-state index is 4.29. The van der Waals surface area contributed by atoms with Gasteiger partial charge < -0.3 is 5.32 Å². The largest absolute Gasteiger partial charge is 0.310 e. The molecule has 3 nitrogen and oxygen atoms in total. The molecule has 90 valence electrons. The zero-order valence-electron chi connectivity index (χ0n) is 10.9. The molecule has 1 aliphatic rings. The number of aromatic nitrogens is 2. The lowest BCUT2D eigenvalue weighted by molar-refractivity contribution is 0.414. The van der Waals surface area contributed by atoms with Crippen LogP contribution < -0.4 is 5.32 Å². The van der Waals surface area contributed by atoms with Crippen molar-refractivity contribution in [1.29, 1.82) is 0 Å². The van der Waals surface area contributed by atoms with E-state index in [1.165, 1.54) is 30.5 Å². The predicted molar refractivity (Wildman–Crippen MR) is 66.3 cm³/mol. The number of rotatable bonds is 5. The molecule has 1 aromatic rings. The van der Waals surface area contributed by atoms with Crippen LogP contribution in [0.4, 0.5) is 0 Å². The van der Waals surface area contributed by atoms with Crippen LogP contribution in [0.25, 0.3) is 0 Å². The van der Waals surface area contributed by atoms with Gasteiger partial charge in [0.05, 0.1) is 6.20 Å². The van der Waals surface area contributed by atoms with E-state index in [1.807, 2.05) is 17.9 Å². The first-order valence-electron chi connectivity index (χ1n) is 6.30. The Morgan fingerprint density at radius 3 is 2.69 bits per heavy atom. The van der Waals surface area contributed by atoms with Gasteiger partial charge in [0.15, 0.2) is 0 Å². The van der Waals surface area contributed by atoms with E-state index in [-0.39, 0.29) is 0 Å². The summed E-state index contributed by atoms with van der Waals surface area (Å²) in [7, 11) is 2.00. The van der Waals surface area contributed by atoms with Crippen molar-refractivity contribution in [2.45, 2.75) is 46.1 Å². The van der Waals surface area contributed by atoms with E-state index in [9.17, 15) is 0 Å². The van der Waals surface area contributed by atoms with Crippen molar-refractivity contribution in [2.24, 2.45) is 12.5 Å². The number of aryl methyl sites for hydroxylation is 1. The Balaban J connectivity index is 1.93. The zero-order chi connectivity index (χ0) is 11.8. The molecule has 0 bridgehead atoms. The van der Waals surface area contributed by atoms with Crippen molar-refractivity contribution < 1.29 is 0 Å². The summed E-state index contributed by atoms with van der Waals surface area (Å²) in [5.74, 6) is 0. The summed E-state index contributed by atoms with van der Waals surface area (Å²) in [4.78, 5) is 0. The van der Waals surface area contributed by atoms with Crippen molar-refractivity contribution in [3.63, 3.8) is 0 Å². The van der Waals surface area contributed by atoms with Gasteiger partial charge in [-0.2, -0.15) is 5.10 Å². The summed E-state index contributed by atoms with van der Waals surface area (Å²) in [6.45, 7) is 7.82. The highest BCUT2D eigenvalue weighted by molar-refractivity contribution is 5.19. The summed E-state index contributed by atoms with van der Waals surface area (Å²) in [6, 6.07) is 0.415. The first-order valence-corrected chi connectivity index (χ1v) is 6.30. The number of nitrogens with one attached hydrogen (secondary N) is 1. The Hall–Kier alpha value is -0.830. The molecule has 0 spiro atoms. The fourth-order valence-corrected chi connectivity index (χ4v) is 2.25. The molecule has 1 atom stereocenters. The maximum Gasteiger partial charge on any atom is 0.0540 e. The summed E-state index contributed by atoms with van der Waals surface area (Å²) < 4.78 is 1.94. The monoisotopic (exact) mass is 221 g/mol. The first kappa shape index (κ1) is 11.6. The van der Waals surface area contributed by atoms with Gasteiger partial charge in [0, 0.05) is 30.9 Å². The molecule has 1 fully saturated rings. The number of hydrogen-bond donors (Lipinski definition) is 1. The van der Waals surface area contributed by atoms with Crippen LogP contribution in [0.15, 0.2) is 6.20 Å². The molecule has 0 saturated heterocycles. The Morgan fingerprint density at radius 2 is 2.25 bits per heavy atom. The zero-order valence-corrected chi connectivity index (χ0v) is 10.9. The second-order valence-electron chi connectivity index (χ2n) is 5.27. The van der Waals surface area contributed by atoms with Crippen LogP contribution in [0.5, 0.6) is 0 Å². The summed E-state index contributed by atoms with van der Waals surface area (Å²) in [6.07, 6.45) is 6.09. The molecule has 0 amide bonds. The van der Waals surface area contributed by atoms with E-state index in [0.29, 0.717) is 11.5 Å². The Labute approximate surface area is 98.2 Å². The summed E-state index contributed by atoms with van der Waals surface area (Å²) >= 11 is 0. The molecule has 1 unspecified atom stereocenters. The minimum Gasteiger partial charge on any atom is -0.310 e. The number of nitrogens with zero attached hydrogens (tertiary/aromatic N) is 2. The van der Waals surface area contributed by atoms with Crippen LogP contribution in [0.1, 0.15) is 50.4 Å². The van der Waals surface area contributed by atoms with Gasteiger partial charge in [-0.25, -0.2) is 0 Å². The smallest absolute Gasteiger partial charge is 0.0540 e. The van der Waals surface area contributed by atoms with E-state index in [2.05, 4.69) is 31.2 Å². The van der Waals surface area contributed by atoms with Gasteiger partial charge in [0.1, 0.15) is 0 Å². The molecular formula is C13H23N3. The van der Waals surface area contributed by atoms with E-state index >= 15 is 0 Å². The van der Waals surface area contributed by atoms with Gasteiger partial charge >= 0.3 is 0 Å². The minimum absolute atomic E-state index is 0.415. The van der Waals surface area contributed by atoms with Crippen LogP contribution in [0.2, 0.25) is 0 Å². The highest BCUT2D eigenvalue weighted by Gasteiger charge is 2.40. The first-order chi connectivity index (χ1) is 7.58. The lowest BCUT2D eigenvalue weighted by Gasteiger charge is -2.18. The SMILES string of the molecule is CCC1(CNC(C)c2cnn(C)c2C)CC1. The van der Waals surface area contributed by atoms with Gasteiger partial charge in [-0.1, -0.05) is 6.92 Å². The van der Waals surface area contributed by atoms with Crippen LogP contribution in [-0.4, -0.2) is 16.3 Å². The van der Waals surface area contributed by atoms with Crippen LogP contribution in [0, 0.1) is 12.3 Å². The highest BCUT2D eigenvalue weighted by atomic mass is 15.3. The topological polar surface area (TPSA) is 29.9 Å². The average molecular weight is 221 g/mol. The molecular weight excluding hydrogens is 198 g/mol. The van der Waals surface area contributed by atoms with E-state index in [0.717, 1.165) is 6.54 Å². The summed E-state index contributed by atoms with van der Waals surface area (Å²) in [5.41, 5.74) is 3.21. The molecule has 1 N–H and O–H groups in total. The highest BCUT2D eigenvalue weighted by Crippen LogP contribution is 2.48. The molecule has 16 heavy (non-hydrogen) atoms. The van der Waals surface area contributed by atoms with E-state index < -0.39 is 0 Å².